The third-order valence-electron chi connectivity index (χ3n) is 3.83. The molecule has 28 heavy (non-hydrogen) atoms. The van der Waals surface area contributed by atoms with Gasteiger partial charge in [0.25, 0.3) is 0 Å². The van der Waals surface area contributed by atoms with Gasteiger partial charge in [0.2, 0.25) is 5.91 Å². The quantitative estimate of drug-likeness (QED) is 0.479. The van der Waals surface area contributed by atoms with Crippen LogP contribution in [0.25, 0.3) is 11.1 Å². The highest BCUT2D eigenvalue weighted by Gasteiger charge is 2.04. The molecule has 7 heteroatoms. The molecular weight excluding hydrogens is 352 g/mol. The second-order valence-corrected chi connectivity index (χ2v) is 5.94. The van der Waals surface area contributed by atoms with Crippen molar-refractivity contribution in [3.63, 3.8) is 0 Å². The summed E-state index contributed by atoms with van der Waals surface area (Å²) in [5, 5.41) is 14.8. The van der Waals surface area contributed by atoms with Gasteiger partial charge in [-0.3, -0.25) is 4.79 Å². The number of benzene rings is 2. The fourth-order valence-corrected chi connectivity index (χ4v) is 2.55. The average Bonchev–Trinajstić information content (AvgIpc) is 2.69. The first kappa shape index (κ1) is 18.6. The summed E-state index contributed by atoms with van der Waals surface area (Å²) in [6, 6.07) is 20.2. The summed E-state index contributed by atoms with van der Waals surface area (Å²) in [6.07, 6.45) is 1.70. The van der Waals surface area contributed by atoms with Gasteiger partial charge in [0.15, 0.2) is 11.8 Å². The second kappa shape index (κ2) is 8.47. The van der Waals surface area contributed by atoms with Crippen molar-refractivity contribution < 1.29 is 4.79 Å². The number of rotatable bonds is 4. The number of carbonyl (C=O) groups excluding carboxylic acids is 1. The standard InChI is InChI=1S/C21H18N6O/c1-14(28)25-18-9-6-15(7-10-18)17-8-11-20(24-13-17)27-21(23)26-19-5-3-2-4-16(19)12-22/h2-11,13H,1H3,(H,25,28)(H3,23,24,26,27). The molecule has 4 N–H and O–H groups in total. The van der Waals surface area contributed by atoms with Gasteiger partial charge in [-0.1, -0.05) is 24.3 Å². The Balaban J connectivity index is 1.72. The molecule has 0 aliphatic rings. The number of hydrogen-bond acceptors (Lipinski definition) is 4. The monoisotopic (exact) mass is 370 g/mol. The van der Waals surface area contributed by atoms with E-state index >= 15 is 0 Å². The predicted molar refractivity (Wildman–Crippen MR) is 110 cm³/mol. The van der Waals surface area contributed by atoms with Crippen molar-refractivity contribution in [2.45, 2.75) is 6.92 Å². The van der Waals surface area contributed by atoms with Crippen molar-refractivity contribution in [2.75, 3.05) is 10.6 Å². The number of guanidine groups is 1. The molecule has 3 rings (SSSR count). The minimum absolute atomic E-state index is 0.111. The Hall–Kier alpha value is -4.18. The van der Waals surface area contributed by atoms with Crippen molar-refractivity contribution in [3.05, 3.63) is 72.4 Å². The molecule has 0 fully saturated rings. The van der Waals surface area contributed by atoms with Gasteiger partial charge in [-0.05, 0) is 42.0 Å². The molecule has 1 amide bonds. The summed E-state index contributed by atoms with van der Waals surface area (Å²) in [7, 11) is 0. The number of anilines is 2. The summed E-state index contributed by atoms with van der Waals surface area (Å²) in [6.45, 7) is 1.47. The zero-order valence-corrected chi connectivity index (χ0v) is 15.2. The highest BCUT2D eigenvalue weighted by Crippen LogP contribution is 2.22. The zero-order chi connectivity index (χ0) is 19.9. The smallest absolute Gasteiger partial charge is 0.221 e. The van der Waals surface area contributed by atoms with Crippen molar-refractivity contribution in [1.29, 1.82) is 5.26 Å². The van der Waals surface area contributed by atoms with Crippen molar-refractivity contribution in [2.24, 2.45) is 10.7 Å². The van der Waals surface area contributed by atoms with Gasteiger partial charge < -0.3 is 16.4 Å². The molecule has 3 aromatic rings. The summed E-state index contributed by atoms with van der Waals surface area (Å²) in [5.74, 6) is 0.473. The normalized spacial score (nSPS) is 10.8. The van der Waals surface area contributed by atoms with Gasteiger partial charge in [-0.15, -0.1) is 0 Å². The first-order valence-corrected chi connectivity index (χ1v) is 8.49. The van der Waals surface area contributed by atoms with Crippen LogP contribution in [-0.4, -0.2) is 16.9 Å². The molecule has 0 radical (unpaired) electrons. The van der Waals surface area contributed by atoms with E-state index in [1.807, 2.05) is 30.3 Å². The van der Waals surface area contributed by atoms with Crippen LogP contribution in [0.1, 0.15) is 12.5 Å². The maximum Gasteiger partial charge on any atom is 0.221 e. The Morgan fingerprint density at radius 3 is 2.39 bits per heavy atom. The molecule has 0 atom stereocenters. The van der Waals surface area contributed by atoms with Crippen molar-refractivity contribution in [3.8, 4) is 17.2 Å². The minimum atomic E-state index is -0.111. The molecule has 0 unspecified atom stereocenters. The molecule has 0 saturated heterocycles. The summed E-state index contributed by atoms with van der Waals surface area (Å²) in [4.78, 5) is 19.6. The lowest BCUT2D eigenvalue weighted by atomic mass is 10.1. The average molecular weight is 370 g/mol. The predicted octanol–water partition coefficient (Wildman–Crippen LogP) is 3.64. The number of para-hydroxylation sites is 1. The highest BCUT2D eigenvalue weighted by molar-refractivity contribution is 5.95. The molecule has 2 aromatic carbocycles. The lowest BCUT2D eigenvalue weighted by Crippen LogP contribution is -2.22. The Labute approximate surface area is 162 Å². The minimum Gasteiger partial charge on any atom is -0.369 e. The number of pyridine rings is 1. The molecule has 1 heterocycles. The van der Waals surface area contributed by atoms with Crippen LogP contribution in [-0.2, 0) is 4.79 Å². The number of aromatic nitrogens is 1. The maximum atomic E-state index is 11.1. The van der Waals surface area contributed by atoms with Gasteiger partial charge in [-0.25, -0.2) is 4.98 Å². The highest BCUT2D eigenvalue weighted by atomic mass is 16.1. The number of nitrogens with one attached hydrogen (secondary N) is 2. The summed E-state index contributed by atoms with van der Waals surface area (Å²) >= 11 is 0. The van der Waals surface area contributed by atoms with E-state index in [2.05, 4.69) is 26.7 Å². The number of carbonyl (C=O) groups is 1. The summed E-state index contributed by atoms with van der Waals surface area (Å²) in [5.41, 5.74) is 9.60. The third kappa shape index (κ3) is 4.71. The van der Waals surface area contributed by atoms with Crippen LogP contribution in [0.5, 0.6) is 0 Å². The Bertz CT molecular complexity index is 1050. The van der Waals surface area contributed by atoms with E-state index < -0.39 is 0 Å². The largest absolute Gasteiger partial charge is 0.369 e. The van der Waals surface area contributed by atoms with Crippen LogP contribution in [0.2, 0.25) is 0 Å². The van der Waals surface area contributed by atoms with Crippen molar-refractivity contribution >= 4 is 29.1 Å². The van der Waals surface area contributed by atoms with E-state index in [9.17, 15) is 4.79 Å². The van der Waals surface area contributed by atoms with E-state index in [4.69, 9.17) is 11.0 Å². The maximum absolute atomic E-state index is 11.1. The molecule has 7 nitrogen and oxygen atoms in total. The van der Waals surface area contributed by atoms with Crippen LogP contribution >= 0.6 is 0 Å². The Kier molecular flexibility index (Phi) is 5.63. The van der Waals surface area contributed by atoms with E-state index in [0.29, 0.717) is 17.1 Å². The molecule has 0 aliphatic carbocycles. The fraction of sp³-hybridized carbons (Fsp3) is 0.0476. The first-order valence-electron chi connectivity index (χ1n) is 8.49. The van der Waals surface area contributed by atoms with Gasteiger partial charge >= 0.3 is 0 Å². The number of aliphatic imine (C=N–C) groups is 1. The van der Waals surface area contributed by atoms with E-state index in [-0.39, 0.29) is 11.9 Å². The summed E-state index contributed by atoms with van der Waals surface area (Å²) < 4.78 is 0. The molecular formula is C21H18N6O. The third-order valence-corrected chi connectivity index (χ3v) is 3.83. The number of nitrogens with zero attached hydrogens (tertiary/aromatic N) is 3. The zero-order valence-electron chi connectivity index (χ0n) is 15.2. The first-order chi connectivity index (χ1) is 13.5. The fourth-order valence-electron chi connectivity index (χ4n) is 2.55. The van der Waals surface area contributed by atoms with Crippen LogP contribution in [0.3, 0.4) is 0 Å². The van der Waals surface area contributed by atoms with Gasteiger partial charge in [0.1, 0.15) is 6.07 Å². The van der Waals surface area contributed by atoms with Gasteiger partial charge in [0.05, 0.1) is 11.3 Å². The lowest BCUT2D eigenvalue weighted by molar-refractivity contribution is -0.114. The van der Waals surface area contributed by atoms with Gasteiger partial charge in [-0.2, -0.15) is 10.3 Å². The van der Waals surface area contributed by atoms with E-state index in [1.54, 1.807) is 36.5 Å². The lowest BCUT2D eigenvalue weighted by Gasteiger charge is -2.07. The molecule has 0 aliphatic heterocycles. The molecule has 0 bridgehead atoms. The van der Waals surface area contributed by atoms with Gasteiger partial charge in [0, 0.05) is 24.4 Å². The molecule has 1 aromatic heterocycles. The van der Waals surface area contributed by atoms with Crippen molar-refractivity contribution in [1.82, 2.24) is 4.98 Å². The number of nitriles is 1. The Morgan fingerprint density at radius 2 is 1.75 bits per heavy atom. The number of hydrogen-bond donors (Lipinski definition) is 3. The van der Waals surface area contributed by atoms with E-state index in [1.165, 1.54) is 6.92 Å². The van der Waals surface area contributed by atoms with Crippen LogP contribution in [0, 0.1) is 11.3 Å². The molecule has 138 valence electrons. The van der Waals surface area contributed by atoms with Crippen LogP contribution < -0.4 is 16.4 Å². The topological polar surface area (TPSA) is 116 Å². The van der Waals surface area contributed by atoms with Crippen LogP contribution in [0.4, 0.5) is 17.2 Å². The number of amides is 1. The second-order valence-electron chi connectivity index (χ2n) is 5.94. The molecule has 0 spiro atoms. The Morgan fingerprint density at radius 1 is 1.04 bits per heavy atom. The SMILES string of the molecule is CC(=O)Nc1ccc(-c2ccc(N=C(N)Nc3ccccc3C#N)nc2)cc1. The van der Waals surface area contributed by atoms with E-state index in [0.717, 1.165) is 16.8 Å². The number of nitrogens with two attached hydrogens (primary N) is 1. The van der Waals surface area contributed by atoms with Crippen LogP contribution in [0.15, 0.2) is 71.9 Å². The molecule has 0 saturated carbocycles.